The van der Waals surface area contributed by atoms with E-state index in [9.17, 15) is 9.59 Å². The molecule has 2 amide bonds. The van der Waals surface area contributed by atoms with Crippen molar-refractivity contribution in [2.45, 2.75) is 12.6 Å². The Hall–Kier alpha value is -1.79. The molecule has 22 heavy (non-hydrogen) atoms. The highest BCUT2D eigenvalue weighted by Crippen LogP contribution is 2.24. The van der Waals surface area contributed by atoms with Crippen molar-refractivity contribution in [3.8, 4) is 0 Å². The molecule has 3 rings (SSSR count). The van der Waals surface area contributed by atoms with E-state index in [0.29, 0.717) is 23.1 Å². The molecule has 114 valence electrons. The van der Waals surface area contributed by atoms with Crippen molar-refractivity contribution in [1.29, 1.82) is 0 Å². The minimum absolute atomic E-state index is 0.0557. The number of amides is 2. The van der Waals surface area contributed by atoms with E-state index in [1.807, 2.05) is 41.8 Å². The lowest BCUT2D eigenvalue weighted by Gasteiger charge is -2.22. The molecule has 1 saturated heterocycles. The first-order chi connectivity index (χ1) is 10.8. The first-order valence-corrected chi connectivity index (χ1v) is 9.03. The first kappa shape index (κ1) is 15.1. The van der Waals surface area contributed by atoms with Crippen LogP contribution in [0, 0.1) is 0 Å². The Bertz CT molecular complexity index is 643. The highest BCUT2D eigenvalue weighted by Gasteiger charge is 2.35. The lowest BCUT2D eigenvalue weighted by molar-refractivity contribution is -0.124. The number of hydrogen-bond acceptors (Lipinski definition) is 4. The predicted molar refractivity (Wildman–Crippen MR) is 89.9 cm³/mol. The van der Waals surface area contributed by atoms with E-state index in [2.05, 4.69) is 5.32 Å². The fourth-order valence-corrected chi connectivity index (χ4v) is 4.14. The van der Waals surface area contributed by atoms with Crippen LogP contribution in [0.3, 0.4) is 0 Å². The van der Waals surface area contributed by atoms with Gasteiger partial charge in [-0.3, -0.25) is 9.59 Å². The van der Waals surface area contributed by atoms with Crippen LogP contribution >= 0.6 is 23.1 Å². The van der Waals surface area contributed by atoms with Crippen LogP contribution in [-0.2, 0) is 11.3 Å². The van der Waals surface area contributed by atoms with Crippen molar-refractivity contribution in [2.24, 2.45) is 0 Å². The van der Waals surface area contributed by atoms with Crippen molar-refractivity contribution in [3.63, 3.8) is 0 Å². The van der Waals surface area contributed by atoms with E-state index in [1.165, 1.54) is 11.3 Å². The molecule has 0 saturated carbocycles. The van der Waals surface area contributed by atoms with Crippen LogP contribution in [0.25, 0.3) is 0 Å². The van der Waals surface area contributed by atoms with Gasteiger partial charge in [-0.05, 0) is 17.0 Å². The Balaban J connectivity index is 1.62. The van der Waals surface area contributed by atoms with Gasteiger partial charge in [0, 0.05) is 12.3 Å². The number of nitrogens with one attached hydrogen (secondary N) is 1. The number of benzene rings is 1. The summed E-state index contributed by atoms with van der Waals surface area (Å²) in [5, 5.41) is 4.80. The lowest BCUT2D eigenvalue weighted by Crippen LogP contribution is -2.46. The molecule has 0 radical (unpaired) electrons. The van der Waals surface area contributed by atoms with Crippen molar-refractivity contribution in [2.75, 3.05) is 11.6 Å². The van der Waals surface area contributed by atoms with Crippen LogP contribution in [-0.4, -0.2) is 34.4 Å². The summed E-state index contributed by atoms with van der Waals surface area (Å²) in [5.74, 6) is 1.08. The van der Waals surface area contributed by atoms with Crippen LogP contribution in [0.1, 0.15) is 15.2 Å². The van der Waals surface area contributed by atoms with Crippen molar-refractivity contribution >= 4 is 34.9 Å². The highest BCUT2D eigenvalue weighted by molar-refractivity contribution is 7.99. The van der Waals surface area contributed by atoms with Gasteiger partial charge in [-0.2, -0.15) is 0 Å². The van der Waals surface area contributed by atoms with Crippen LogP contribution in [0.4, 0.5) is 0 Å². The quantitative estimate of drug-likeness (QED) is 0.936. The molecule has 1 aromatic heterocycles. The predicted octanol–water partition coefficient (Wildman–Crippen LogP) is 2.58. The summed E-state index contributed by atoms with van der Waals surface area (Å²) in [7, 11) is 0. The molecule has 1 atom stereocenters. The van der Waals surface area contributed by atoms with Gasteiger partial charge in [-0.1, -0.05) is 36.4 Å². The number of thiophene rings is 1. The number of hydrogen-bond donors (Lipinski definition) is 1. The average molecular weight is 332 g/mol. The van der Waals surface area contributed by atoms with Crippen molar-refractivity contribution in [1.82, 2.24) is 10.2 Å². The minimum Gasteiger partial charge on any atom is -0.350 e. The second kappa shape index (κ2) is 6.98. The lowest BCUT2D eigenvalue weighted by atomic mass is 10.2. The zero-order chi connectivity index (χ0) is 15.4. The van der Waals surface area contributed by atoms with Crippen LogP contribution < -0.4 is 5.32 Å². The Morgan fingerprint density at radius 3 is 2.73 bits per heavy atom. The zero-order valence-corrected chi connectivity index (χ0v) is 13.5. The summed E-state index contributed by atoms with van der Waals surface area (Å²) in [4.78, 5) is 27.2. The molecule has 1 aliphatic rings. The molecule has 6 heteroatoms. The fourth-order valence-electron chi connectivity index (χ4n) is 2.30. The SMILES string of the molecule is O=C(NCc1ccccc1)[C@@H]1CSCN1C(=O)c1cccs1. The van der Waals surface area contributed by atoms with Crippen molar-refractivity contribution in [3.05, 3.63) is 58.3 Å². The third kappa shape index (κ3) is 3.34. The van der Waals surface area contributed by atoms with Crippen molar-refractivity contribution < 1.29 is 9.59 Å². The molecular formula is C16H16N2O2S2. The maximum Gasteiger partial charge on any atom is 0.265 e. The largest absolute Gasteiger partial charge is 0.350 e. The molecule has 0 aliphatic carbocycles. The second-order valence-corrected chi connectivity index (χ2v) is 6.92. The van der Waals surface area contributed by atoms with Gasteiger partial charge >= 0.3 is 0 Å². The molecule has 0 unspecified atom stereocenters. The van der Waals surface area contributed by atoms with Gasteiger partial charge in [0.2, 0.25) is 5.91 Å². The summed E-state index contributed by atoms with van der Waals surface area (Å²) in [5.41, 5.74) is 1.05. The number of thioether (sulfide) groups is 1. The average Bonchev–Trinajstić information content (AvgIpc) is 3.24. The summed E-state index contributed by atoms with van der Waals surface area (Å²) >= 11 is 3.02. The van der Waals surface area contributed by atoms with E-state index in [1.54, 1.807) is 22.7 Å². The van der Waals surface area contributed by atoms with Gasteiger partial charge in [0.1, 0.15) is 6.04 Å². The fraction of sp³-hybridized carbons (Fsp3) is 0.250. The Kier molecular flexibility index (Phi) is 4.80. The van der Waals surface area contributed by atoms with E-state index >= 15 is 0 Å². The zero-order valence-electron chi connectivity index (χ0n) is 11.9. The number of carbonyl (C=O) groups is 2. The van der Waals surface area contributed by atoms with Crippen LogP contribution in [0.15, 0.2) is 47.8 Å². The minimum atomic E-state index is -0.386. The molecular weight excluding hydrogens is 316 g/mol. The third-order valence-electron chi connectivity index (χ3n) is 3.49. The molecule has 0 bridgehead atoms. The Morgan fingerprint density at radius 2 is 2.00 bits per heavy atom. The molecule has 1 fully saturated rings. The third-order valence-corrected chi connectivity index (χ3v) is 5.36. The molecule has 4 nitrogen and oxygen atoms in total. The maximum absolute atomic E-state index is 12.4. The smallest absolute Gasteiger partial charge is 0.265 e. The number of rotatable bonds is 4. The second-order valence-electron chi connectivity index (χ2n) is 4.97. The summed E-state index contributed by atoms with van der Waals surface area (Å²) in [6, 6.07) is 13.0. The van der Waals surface area contributed by atoms with Crippen LogP contribution in [0.2, 0.25) is 0 Å². The molecule has 0 spiro atoms. The highest BCUT2D eigenvalue weighted by atomic mass is 32.2. The molecule has 1 aliphatic heterocycles. The normalized spacial score (nSPS) is 17.5. The Morgan fingerprint density at radius 1 is 1.18 bits per heavy atom. The van der Waals surface area contributed by atoms with Gasteiger partial charge in [0.15, 0.2) is 0 Å². The molecule has 1 aromatic carbocycles. The Labute approximate surface area is 137 Å². The standard InChI is InChI=1S/C16H16N2O2S2/c19-15(17-9-12-5-2-1-3-6-12)13-10-21-11-18(13)16(20)14-7-4-8-22-14/h1-8,13H,9-11H2,(H,17,19)/t13-/m0/s1. The first-order valence-electron chi connectivity index (χ1n) is 6.99. The summed E-state index contributed by atoms with van der Waals surface area (Å²) in [6.07, 6.45) is 0. The summed E-state index contributed by atoms with van der Waals surface area (Å²) in [6.45, 7) is 0.488. The molecule has 1 N–H and O–H groups in total. The van der Waals surface area contributed by atoms with Gasteiger partial charge in [0.25, 0.3) is 5.91 Å². The van der Waals surface area contributed by atoms with Gasteiger partial charge < -0.3 is 10.2 Å². The topological polar surface area (TPSA) is 49.4 Å². The van der Waals surface area contributed by atoms with Gasteiger partial charge in [0.05, 0.1) is 10.8 Å². The number of carbonyl (C=O) groups excluding carboxylic acids is 2. The monoisotopic (exact) mass is 332 g/mol. The van der Waals surface area contributed by atoms with E-state index < -0.39 is 0 Å². The van der Waals surface area contributed by atoms with E-state index in [0.717, 1.165) is 5.56 Å². The summed E-state index contributed by atoms with van der Waals surface area (Å²) < 4.78 is 0. The molecule has 2 aromatic rings. The molecule has 2 heterocycles. The van der Waals surface area contributed by atoms with Gasteiger partial charge in [-0.25, -0.2) is 0 Å². The van der Waals surface area contributed by atoms with E-state index in [4.69, 9.17) is 0 Å². The van der Waals surface area contributed by atoms with Crippen LogP contribution in [0.5, 0.6) is 0 Å². The van der Waals surface area contributed by atoms with Gasteiger partial charge in [-0.15, -0.1) is 23.1 Å². The number of nitrogens with zero attached hydrogens (tertiary/aromatic N) is 1. The maximum atomic E-state index is 12.4. The van der Waals surface area contributed by atoms with E-state index in [-0.39, 0.29) is 17.9 Å².